The fourth-order valence-corrected chi connectivity index (χ4v) is 2.36. The Kier molecular flexibility index (Phi) is 5.34. The van der Waals surface area contributed by atoms with Gasteiger partial charge in [0.25, 0.3) is 5.91 Å². The van der Waals surface area contributed by atoms with Crippen LogP contribution in [0, 0.1) is 6.92 Å². The van der Waals surface area contributed by atoms with Crippen LogP contribution in [0.3, 0.4) is 0 Å². The molecular formula is C17H18ClNO4. The van der Waals surface area contributed by atoms with Gasteiger partial charge in [-0.2, -0.15) is 0 Å². The molecule has 0 unspecified atom stereocenters. The molecule has 0 aliphatic rings. The SMILES string of the molecule is COc1ccc(Cl)cc1NC(=O)c1cc(OC)c(C)c(OC)c1. The van der Waals surface area contributed by atoms with Gasteiger partial charge in [-0.05, 0) is 37.3 Å². The lowest BCUT2D eigenvalue weighted by molar-refractivity contribution is 0.102. The number of nitrogens with one attached hydrogen (secondary N) is 1. The Morgan fingerprint density at radius 1 is 0.957 bits per heavy atom. The van der Waals surface area contributed by atoms with Crippen LogP contribution in [0.2, 0.25) is 5.02 Å². The van der Waals surface area contributed by atoms with Gasteiger partial charge < -0.3 is 19.5 Å². The molecule has 0 saturated carbocycles. The Balaban J connectivity index is 2.36. The second kappa shape index (κ2) is 7.24. The number of hydrogen-bond donors (Lipinski definition) is 1. The van der Waals surface area contributed by atoms with Gasteiger partial charge >= 0.3 is 0 Å². The van der Waals surface area contributed by atoms with Gasteiger partial charge in [0.15, 0.2) is 0 Å². The number of carbonyl (C=O) groups excluding carboxylic acids is 1. The van der Waals surface area contributed by atoms with Crippen molar-refractivity contribution in [2.24, 2.45) is 0 Å². The minimum atomic E-state index is -0.317. The molecule has 0 aromatic heterocycles. The Morgan fingerprint density at radius 3 is 2.04 bits per heavy atom. The number of carbonyl (C=O) groups is 1. The van der Waals surface area contributed by atoms with Crippen LogP contribution in [0.15, 0.2) is 30.3 Å². The molecule has 0 aliphatic carbocycles. The van der Waals surface area contributed by atoms with Crippen molar-refractivity contribution < 1.29 is 19.0 Å². The highest BCUT2D eigenvalue weighted by Crippen LogP contribution is 2.31. The molecule has 2 rings (SSSR count). The molecule has 122 valence electrons. The van der Waals surface area contributed by atoms with Crippen molar-refractivity contribution in [3.05, 3.63) is 46.5 Å². The van der Waals surface area contributed by atoms with Crippen LogP contribution < -0.4 is 19.5 Å². The van der Waals surface area contributed by atoms with Crippen LogP contribution in [0.25, 0.3) is 0 Å². The molecule has 0 radical (unpaired) electrons. The maximum absolute atomic E-state index is 12.5. The fraction of sp³-hybridized carbons (Fsp3) is 0.235. The fourth-order valence-electron chi connectivity index (χ4n) is 2.19. The van der Waals surface area contributed by atoms with Crippen molar-refractivity contribution in [1.29, 1.82) is 0 Å². The summed E-state index contributed by atoms with van der Waals surface area (Å²) in [5.74, 6) is 1.36. The Labute approximate surface area is 140 Å². The van der Waals surface area contributed by atoms with Crippen LogP contribution >= 0.6 is 11.6 Å². The van der Waals surface area contributed by atoms with Crippen molar-refractivity contribution in [1.82, 2.24) is 0 Å². The number of rotatable bonds is 5. The number of amides is 1. The van der Waals surface area contributed by atoms with Crippen molar-refractivity contribution in [3.63, 3.8) is 0 Å². The average Bonchev–Trinajstić information content (AvgIpc) is 2.55. The highest BCUT2D eigenvalue weighted by molar-refractivity contribution is 6.31. The summed E-state index contributed by atoms with van der Waals surface area (Å²) in [5, 5.41) is 3.28. The molecule has 1 N–H and O–H groups in total. The first-order valence-corrected chi connectivity index (χ1v) is 7.25. The molecule has 2 aromatic rings. The second-order valence-electron chi connectivity index (χ2n) is 4.80. The lowest BCUT2D eigenvalue weighted by Crippen LogP contribution is -2.13. The third-order valence-electron chi connectivity index (χ3n) is 3.42. The molecule has 0 bridgehead atoms. The van der Waals surface area contributed by atoms with Gasteiger partial charge in [0.05, 0.1) is 27.0 Å². The second-order valence-corrected chi connectivity index (χ2v) is 5.24. The van der Waals surface area contributed by atoms with Crippen LogP contribution in [0.1, 0.15) is 15.9 Å². The van der Waals surface area contributed by atoms with E-state index in [0.717, 1.165) is 5.56 Å². The summed E-state index contributed by atoms with van der Waals surface area (Å²) in [7, 11) is 4.61. The van der Waals surface area contributed by atoms with E-state index in [1.807, 2.05) is 6.92 Å². The predicted octanol–water partition coefficient (Wildman–Crippen LogP) is 3.93. The maximum atomic E-state index is 12.5. The number of ether oxygens (including phenoxy) is 3. The molecular weight excluding hydrogens is 318 g/mol. The van der Waals surface area contributed by atoms with Gasteiger partial charge in [-0.15, -0.1) is 0 Å². The highest BCUT2D eigenvalue weighted by atomic mass is 35.5. The average molecular weight is 336 g/mol. The van der Waals surface area contributed by atoms with Crippen LogP contribution in [0.4, 0.5) is 5.69 Å². The quantitative estimate of drug-likeness (QED) is 0.899. The van der Waals surface area contributed by atoms with Crippen molar-refractivity contribution in [2.75, 3.05) is 26.6 Å². The third-order valence-corrected chi connectivity index (χ3v) is 3.66. The van der Waals surface area contributed by atoms with Gasteiger partial charge in [-0.3, -0.25) is 4.79 Å². The molecule has 0 atom stereocenters. The van der Waals surface area contributed by atoms with E-state index in [2.05, 4.69) is 5.32 Å². The number of hydrogen-bond acceptors (Lipinski definition) is 4. The molecule has 0 spiro atoms. The minimum absolute atomic E-state index is 0.317. The zero-order valence-electron chi connectivity index (χ0n) is 13.4. The summed E-state index contributed by atoms with van der Waals surface area (Å²) in [6.07, 6.45) is 0. The molecule has 1 amide bonds. The van der Waals surface area contributed by atoms with E-state index in [1.165, 1.54) is 7.11 Å². The predicted molar refractivity (Wildman–Crippen MR) is 90.2 cm³/mol. The molecule has 23 heavy (non-hydrogen) atoms. The third kappa shape index (κ3) is 3.68. The zero-order valence-corrected chi connectivity index (χ0v) is 14.2. The first kappa shape index (κ1) is 17.0. The van der Waals surface area contributed by atoms with Gasteiger partial charge in [0.1, 0.15) is 17.2 Å². The van der Waals surface area contributed by atoms with E-state index in [1.54, 1.807) is 44.6 Å². The van der Waals surface area contributed by atoms with Gasteiger partial charge in [-0.25, -0.2) is 0 Å². The number of anilines is 1. The summed E-state index contributed by atoms with van der Waals surface area (Å²) in [5.41, 5.74) is 1.72. The van der Waals surface area contributed by atoms with E-state index in [9.17, 15) is 4.79 Å². The van der Waals surface area contributed by atoms with E-state index >= 15 is 0 Å². The van der Waals surface area contributed by atoms with Crippen molar-refractivity contribution >= 4 is 23.2 Å². The Morgan fingerprint density at radius 2 is 1.52 bits per heavy atom. The lowest BCUT2D eigenvalue weighted by Gasteiger charge is -2.14. The minimum Gasteiger partial charge on any atom is -0.496 e. The molecule has 5 nitrogen and oxygen atoms in total. The first-order valence-electron chi connectivity index (χ1n) is 6.87. The van der Waals surface area contributed by atoms with E-state index < -0.39 is 0 Å². The molecule has 0 aliphatic heterocycles. The summed E-state index contributed by atoms with van der Waals surface area (Å²) in [6.45, 7) is 1.86. The number of methoxy groups -OCH3 is 3. The van der Waals surface area contributed by atoms with E-state index in [0.29, 0.717) is 33.5 Å². The largest absolute Gasteiger partial charge is 0.496 e. The van der Waals surface area contributed by atoms with Gasteiger partial charge in [-0.1, -0.05) is 11.6 Å². The van der Waals surface area contributed by atoms with Crippen molar-refractivity contribution in [3.8, 4) is 17.2 Å². The smallest absolute Gasteiger partial charge is 0.256 e. The number of halogens is 1. The topological polar surface area (TPSA) is 56.8 Å². The van der Waals surface area contributed by atoms with Crippen molar-refractivity contribution in [2.45, 2.75) is 6.92 Å². The Hall–Kier alpha value is -2.40. The number of benzene rings is 2. The molecule has 0 heterocycles. The normalized spacial score (nSPS) is 10.1. The van der Waals surface area contributed by atoms with Gasteiger partial charge in [0.2, 0.25) is 0 Å². The summed E-state index contributed by atoms with van der Waals surface area (Å²) >= 11 is 5.97. The van der Waals surface area contributed by atoms with Crippen LogP contribution in [-0.4, -0.2) is 27.2 Å². The highest BCUT2D eigenvalue weighted by Gasteiger charge is 2.15. The molecule has 0 saturated heterocycles. The van der Waals surface area contributed by atoms with E-state index in [4.69, 9.17) is 25.8 Å². The Bertz CT molecular complexity index is 706. The molecule has 0 fully saturated rings. The monoisotopic (exact) mass is 335 g/mol. The zero-order chi connectivity index (χ0) is 17.0. The molecule has 2 aromatic carbocycles. The first-order chi connectivity index (χ1) is 11.0. The van der Waals surface area contributed by atoms with Crippen LogP contribution in [-0.2, 0) is 0 Å². The van der Waals surface area contributed by atoms with E-state index in [-0.39, 0.29) is 5.91 Å². The lowest BCUT2D eigenvalue weighted by atomic mass is 10.1. The van der Waals surface area contributed by atoms with Crippen LogP contribution in [0.5, 0.6) is 17.2 Å². The summed E-state index contributed by atoms with van der Waals surface area (Å²) < 4.78 is 15.8. The summed E-state index contributed by atoms with van der Waals surface area (Å²) in [4.78, 5) is 12.5. The van der Waals surface area contributed by atoms with Gasteiger partial charge in [0, 0.05) is 16.1 Å². The molecule has 6 heteroatoms. The summed E-state index contributed by atoms with van der Waals surface area (Å²) in [6, 6.07) is 8.32. The maximum Gasteiger partial charge on any atom is 0.256 e. The standard InChI is InChI=1S/C17H18ClNO4/c1-10-15(22-3)7-11(8-16(10)23-4)17(20)19-13-9-12(18)5-6-14(13)21-2/h5-9H,1-4H3,(H,19,20).